The second kappa shape index (κ2) is 11.8. The number of hydrogen-bond acceptors (Lipinski definition) is 7. The van der Waals surface area contributed by atoms with Gasteiger partial charge >= 0.3 is 5.97 Å². The fraction of sp³-hybridized carbons (Fsp3) is 0.241. The Balaban J connectivity index is 1.63. The molecule has 0 saturated heterocycles. The van der Waals surface area contributed by atoms with Gasteiger partial charge in [-0.2, -0.15) is 5.26 Å². The number of nitrogens with zero attached hydrogens (tertiary/aromatic N) is 1. The van der Waals surface area contributed by atoms with E-state index < -0.39 is 11.9 Å². The molecule has 0 amide bonds. The standard InChI is InChI=1S/C29H27BrN2O5/c1-3-4-5-14-35-24-13-8-19(15-26(24)34-2)27-22-12-11-21(16-25(22)37-28(32)23(27)17-31)36-29(33)18-6-9-20(30)10-7-18/h6-13,15-16,27H,3-5,14,32H2,1-2H3. The molecular weight excluding hydrogens is 536 g/mol. The number of fused-ring (bicyclic) bond motifs is 1. The summed E-state index contributed by atoms with van der Waals surface area (Å²) < 4.78 is 23.7. The highest BCUT2D eigenvalue weighted by molar-refractivity contribution is 9.10. The fourth-order valence-electron chi connectivity index (χ4n) is 4.11. The summed E-state index contributed by atoms with van der Waals surface area (Å²) in [5.41, 5.74) is 8.35. The van der Waals surface area contributed by atoms with E-state index in [9.17, 15) is 10.1 Å². The Morgan fingerprint density at radius 2 is 1.86 bits per heavy atom. The lowest BCUT2D eigenvalue weighted by Gasteiger charge is -2.27. The van der Waals surface area contributed by atoms with Gasteiger partial charge in [-0.3, -0.25) is 0 Å². The van der Waals surface area contributed by atoms with E-state index in [4.69, 9.17) is 24.7 Å². The number of benzene rings is 3. The molecule has 0 spiro atoms. The molecule has 0 aliphatic carbocycles. The third-order valence-electron chi connectivity index (χ3n) is 6.01. The first-order valence-corrected chi connectivity index (χ1v) is 12.7. The number of ether oxygens (including phenoxy) is 4. The zero-order valence-corrected chi connectivity index (χ0v) is 22.2. The van der Waals surface area contributed by atoms with Crippen LogP contribution in [0.3, 0.4) is 0 Å². The van der Waals surface area contributed by atoms with E-state index in [0.717, 1.165) is 29.3 Å². The average molecular weight is 563 g/mol. The Morgan fingerprint density at radius 3 is 2.57 bits per heavy atom. The minimum absolute atomic E-state index is 0.00440. The largest absolute Gasteiger partial charge is 0.493 e. The first kappa shape index (κ1) is 26.1. The molecule has 1 atom stereocenters. The minimum atomic E-state index is -0.500. The number of carbonyl (C=O) groups is 1. The Bertz CT molecular complexity index is 1360. The molecule has 7 nitrogen and oxygen atoms in total. The Labute approximate surface area is 224 Å². The number of rotatable bonds is 9. The fourth-order valence-corrected chi connectivity index (χ4v) is 4.38. The maximum Gasteiger partial charge on any atom is 0.343 e. The maximum absolute atomic E-state index is 12.6. The maximum atomic E-state index is 12.6. The van der Waals surface area contributed by atoms with Crippen molar-refractivity contribution in [2.75, 3.05) is 13.7 Å². The van der Waals surface area contributed by atoms with Crippen molar-refractivity contribution in [3.63, 3.8) is 0 Å². The number of halogens is 1. The van der Waals surface area contributed by atoms with Gasteiger partial charge in [0.25, 0.3) is 0 Å². The van der Waals surface area contributed by atoms with Gasteiger partial charge in [0.15, 0.2) is 11.5 Å². The molecule has 4 rings (SSSR count). The molecule has 1 aliphatic heterocycles. The molecule has 0 radical (unpaired) electrons. The van der Waals surface area contributed by atoms with Crippen LogP contribution in [0.4, 0.5) is 0 Å². The minimum Gasteiger partial charge on any atom is -0.493 e. The van der Waals surface area contributed by atoms with Crippen LogP contribution in [0.15, 0.2) is 76.6 Å². The van der Waals surface area contributed by atoms with E-state index in [2.05, 4.69) is 28.9 Å². The molecule has 190 valence electrons. The van der Waals surface area contributed by atoms with E-state index >= 15 is 0 Å². The number of nitrogens with two attached hydrogens (primary N) is 1. The van der Waals surface area contributed by atoms with Crippen molar-refractivity contribution in [2.45, 2.75) is 32.1 Å². The van der Waals surface area contributed by atoms with Gasteiger partial charge in [0.1, 0.15) is 23.1 Å². The van der Waals surface area contributed by atoms with Crippen molar-refractivity contribution in [2.24, 2.45) is 5.73 Å². The van der Waals surface area contributed by atoms with Crippen LogP contribution in [0, 0.1) is 11.3 Å². The number of nitriles is 1. The molecule has 0 bridgehead atoms. The van der Waals surface area contributed by atoms with Crippen LogP contribution in [0.1, 0.15) is 53.6 Å². The molecule has 0 fully saturated rings. The van der Waals surface area contributed by atoms with E-state index in [1.807, 2.05) is 18.2 Å². The number of esters is 1. The van der Waals surface area contributed by atoms with Gasteiger partial charge in [-0.25, -0.2) is 4.79 Å². The smallest absolute Gasteiger partial charge is 0.343 e. The SMILES string of the molecule is CCCCCOc1ccc(C2C(C#N)=C(N)Oc3cc(OC(=O)c4ccc(Br)cc4)ccc32)cc1OC. The topological polar surface area (TPSA) is 104 Å². The van der Waals surface area contributed by atoms with E-state index in [1.54, 1.807) is 49.6 Å². The zero-order valence-electron chi connectivity index (χ0n) is 20.6. The molecule has 2 N–H and O–H groups in total. The van der Waals surface area contributed by atoms with Crippen LogP contribution >= 0.6 is 15.9 Å². The summed E-state index contributed by atoms with van der Waals surface area (Å²) in [4.78, 5) is 12.6. The summed E-state index contributed by atoms with van der Waals surface area (Å²) in [6, 6.07) is 19.7. The molecule has 0 aromatic heterocycles. The second-order valence-electron chi connectivity index (χ2n) is 8.49. The molecule has 3 aromatic rings. The monoisotopic (exact) mass is 562 g/mol. The van der Waals surface area contributed by atoms with Crippen molar-refractivity contribution >= 4 is 21.9 Å². The predicted octanol–water partition coefficient (Wildman–Crippen LogP) is 6.46. The molecule has 37 heavy (non-hydrogen) atoms. The van der Waals surface area contributed by atoms with E-state index in [-0.39, 0.29) is 11.5 Å². The van der Waals surface area contributed by atoms with Gasteiger partial charge in [-0.05, 0) is 54.4 Å². The number of allylic oxidation sites excluding steroid dienone is 1. The third kappa shape index (κ3) is 5.89. The van der Waals surface area contributed by atoms with Gasteiger partial charge in [0, 0.05) is 16.1 Å². The van der Waals surface area contributed by atoms with Crippen LogP contribution in [0.25, 0.3) is 0 Å². The van der Waals surface area contributed by atoms with Crippen LogP contribution in [0.5, 0.6) is 23.0 Å². The van der Waals surface area contributed by atoms with Gasteiger partial charge in [0.05, 0.1) is 25.2 Å². The quantitative estimate of drug-likeness (QED) is 0.181. The summed E-state index contributed by atoms with van der Waals surface area (Å²) in [5.74, 6) is 0.912. The van der Waals surface area contributed by atoms with Crippen LogP contribution in [0.2, 0.25) is 0 Å². The third-order valence-corrected chi connectivity index (χ3v) is 6.54. The molecule has 1 heterocycles. The van der Waals surface area contributed by atoms with Crippen molar-refractivity contribution in [3.05, 3.63) is 93.3 Å². The van der Waals surface area contributed by atoms with E-state index in [1.165, 1.54) is 0 Å². The molecule has 8 heteroatoms. The Morgan fingerprint density at radius 1 is 1.08 bits per heavy atom. The molecule has 0 saturated carbocycles. The molecule has 1 aliphatic rings. The number of carbonyl (C=O) groups excluding carboxylic acids is 1. The summed E-state index contributed by atoms with van der Waals surface area (Å²) in [6.07, 6.45) is 3.16. The highest BCUT2D eigenvalue weighted by atomic mass is 79.9. The van der Waals surface area contributed by atoms with Crippen LogP contribution in [-0.4, -0.2) is 19.7 Å². The lowest BCUT2D eigenvalue weighted by Crippen LogP contribution is -2.21. The number of unbranched alkanes of at least 4 members (excludes halogenated alkanes) is 2. The predicted molar refractivity (Wildman–Crippen MR) is 143 cm³/mol. The zero-order chi connectivity index (χ0) is 26.4. The molecule has 3 aromatic carbocycles. The first-order chi connectivity index (χ1) is 17.9. The highest BCUT2D eigenvalue weighted by Crippen LogP contribution is 2.45. The normalized spacial score (nSPS) is 14.3. The molecular formula is C29H27BrN2O5. The van der Waals surface area contributed by atoms with Gasteiger partial charge in [-0.1, -0.05) is 47.8 Å². The van der Waals surface area contributed by atoms with Gasteiger partial charge in [-0.15, -0.1) is 0 Å². The van der Waals surface area contributed by atoms with Gasteiger partial charge < -0.3 is 24.7 Å². The number of hydrogen-bond donors (Lipinski definition) is 1. The summed E-state index contributed by atoms with van der Waals surface area (Å²) in [7, 11) is 1.58. The summed E-state index contributed by atoms with van der Waals surface area (Å²) >= 11 is 3.35. The lowest BCUT2D eigenvalue weighted by molar-refractivity contribution is 0.0734. The van der Waals surface area contributed by atoms with Crippen molar-refractivity contribution in [1.29, 1.82) is 5.26 Å². The summed E-state index contributed by atoms with van der Waals surface area (Å²) in [6.45, 7) is 2.74. The van der Waals surface area contributed by atoms with Crippen LogP contribution < -0.4 is 24.7 Å². The van der Waals surface area contributed by atoms with Crippen LogP contribution in [-0.2, 0) is 0 Å². The van der Waals surface area contributed by atoms with Crippen molar-refractivity contribution in [1.82, 2.24) is 0 Å². The molecule has 1 unspecified atom stereocenters. The Hall–Kier alpha value is -3.96. The lowest BCUT2D eigenvalue weighted by atomic mass is 9.83. The van der Waals surface area contributed by atoms with Crippen molar-refractivity contribution < 1.29 is 23.7 Å². The van der Waals surface area contributed by atoms with Crippen molar-refractivity contribution in [3.8, 4) is 29.1 Å². The average Bonchev–Trinajstić information content (AvgIpc) is 2.90. The van der Waals surface area contributed by atoms with E-state index in [0.29, 0.717) is 40.7 Å². The second-order valence-corrected chi connectivity index (χ2v) is 9.40. The number of methoxy groups -OCH3 is 1. The summed E-state index contributed by atoms with van der Waals surface area (Å²) in [5, 5.41) is 9.89. The highest BCUT2D eigenvalue weighted by Gasteiger charge is 2.31. The Kier molecular flexibility index (Phi) is 8.36. The van der Waals surface area contributed by atoms with Gasteiger partial charge in [0.2, 0.25) is 5.88 Å². The first-order valence-electron chi connectivity index (χ1n) is 11.9.